The van der Waals surface area contributed by atoms with E-state index in [4.69, 9.17) is 16.3 Å². The highest BCUT2D eigenvalue weighted by Gasteiger charge is 2.30. The van der Waals surface area contributed by atoms with Gasteiger partial charge in [-0.05, 0) is 36.4 Å². The second-order valence-electron chi connectivity index (χ2n) is 6.94. The van der Waals surface area contributed by atoms with Gasteiger partial charge in [-0.2, -0.15) is 4.31 Å². The Morgan fingerprint density at radius 1 is 1.22 bits per heavy atom. The summed E-state index contributed by atoms with van der Waals surface area (Å²) in [5.74, 6) is -0.423. The number of benzene rings is 2. The monoisotopic (exact) mass is 497 g/mol. The third kappa shape index (κ3) is 5.20. The van der Waals surface area contributed by atoms with E-state index >= 15 is 0 Å². The second kappa shape index (κ2) is 10.1. The van der Waals surface area contributed by atoms with Crippen LogP contribution in [0.3, 0.4) is 0 Å². The lowest BCUT2D eigenvalue weighted by molar-refractivity contribution is -0.120. The molecule has 0 spiro atoms. The van der Waals surface area contributed by atoms with Crippen molar-refractivity contribution in [1.29, 1.82) is 0 Å². The Balaban J connectivity index is 1.78. The maximum Gasteiger partial charge on any atom is 0.243 e. The van der Waals surface area contributed by atoms with Gasteiger partial charge in [-0.1, -0.05) is 25.4 Å². The van der Waals surface area contributed by atoms with Gasteiger partial charge < -0.3 is 15.4 Å². The van der Waals surface area contributed by atoms with Gasteiger partial charge in [-0.3, -0.25) is 9.59 Å². The zero-order valence-electron chi connectivity index (χ0n) is 17.8. The van der Waals surface area contributed by atoms with Gasteiger partial charge in [0.15, 0.2) is 0 Å². The Kier molecular flexibility index (Phi) is 7.71. The molecule has 2 aromatic carbocycles. The minimum absolute atomic E-state index is 0.0490. The van der Waals surface area contributed by atoms with Gasteiger partial charge >= 0.3 is 0 Å². The Labute approximate surface area is 196 Å². The summed E-state index contributed by atoms with van der Waals surface area (Å²) in [5.41, 5.74) is 0.833. The molecule has 1 aliphatic heterocycles. The molecule has 0 bridgehead atoms. The first-order chi connectivity index (χ1) is 15.2. The molecular formula is C21H24ClN3O5S2. The van der Waals surface area contributed by atoms with Crippen LogP contribution in [0, 0.1) is 0 Å². The molecule has 8 nitrogen and oxygen atoms in total. The van der Waals surface area contributed by atoms with Gasteiger partial charge in [-0.25, -0.2) is 8.42 Å². The molecule has 0 aromatic heterocycles. The summed E-state index contributed by atoms with van der Waals surface area (Å²) in [5, 5.41) is 5.32. The van der Waals surface area contributed by atoms with Crippen molar-refractivity contribution in [3.63, 3.8) is 0 Å². The van der Waals surface area contributed by atoms with Crippen LogP contribution in [-0.4, -0.2) is 50.0 Å². The minimum Gasteiger partial charge on any atom is -0.495 e. The Bertz CT molecular complexity index is 1140. The Hall–Kier alpha value is -2.27. The largest absolute Gasteiger partial charge is 0.495 e. The number of nitrogens with zero attached hydrogens (tertiary/aromatic N) is 1. The van der Waals surface area contributed by atoms with Crippen molar-refractivity contribution in [1.82, 2.24) is 4.31 Å². The fourth-order valence-electron chi connectivity index (χ4n) is 3.28. The van der Waals surface area contributed by atoms with Gasteiger partial charge in [0.1, 0.15) is 5.75 Å². The predicted octanol–water partition coefficient (Wildman–Crippen LogP) is 3.82. The van der Waals surface area contributed by atoms with Crippen molar-refractivity contribution >= 4 is 56.6 Å². The summed E-state index contributed by atoms with van der Waals surface area (Å²) in [6.07, 6.45) is -0.102. The van der Waals surface area contributed by atoms with Gasteiger partial charge in [-0.15, -0.1) is 11.8 Å². The van der Waals surface area contributed by atoms with E-state index in [1.54, 1.807) is 32.0 Å². The number of nitrogens with one attached hydrogen (secondary N) is 2. The Morgan fingerprint density at radius 3 is 2.59 bits per heavy atom. The maximum atomic E-state index is 12.8. The van der Waals surface area contributed by atoms with Gasteiger partial charge in [0, 0.05) is 29.4 Å². The van der Waals surface area contributed by atoms with Crippen LogP contribution in [0.1, 0.15) is 20.3 Å². The average Bonchev–Trinajstić information content (AvgIpc) is 2.75. The van der Waals surface area contributed by atoms with Gasteiger partial charge in [0.25, 0.3) is 0 Å². The summed E-state index contributed by atoms with van der Waals surface area (Å²) >= 11 is 7.24. The molecule has 0 saturated heterocycles. The number of carbonyl (C=O) groups is 2. The lowest BCUT2D eigenvalue weighted by atomic mass is 10.2. The number of hydrogen-bond donors (Lipinski definition) is 2. The number of methoxy groups -OCH3 is 1. The van der Waals surface area contributed by atoms with Crippen molar-refractivity contribution in [2.45, 2.75) is 35.3 Å². The molecule has 2 amide bonds. The smallest absolute Gasteiger partial charge is 0.243 e. The standard InChI is InChI=1S/C21H24ClN3O5S2/c1-4-25(5-2)32(28,29)14-7-8-17(30-3)15(11-14)23-20(26)12-19-21(27)24-16-10-13(22)6-9-18(16)31-19/h6-11,19H,4-5,12H2,1-3H3,(H,23,26)(H,24,27). The lowest BCUT2D eigenvalue weighted by Gasteiger charge is -2.24. The normalized spacial score (nSPS) is 15.8. The lowest BCUT2D eigenvalue weighted by Crippen LogP contribution is -2.32. The third-order valence-electron chi connectivity index (χ3n) is 4.92. The zero-order valence-corrected chi connectivity index (χ0v) is 20.2. The fraction of sp³-hybridized carbons (Fsp3) is 0.333. The minimum atomic E-state index is -3.71. The Morgan fingerprint density at radius 2 is 1.94 bits per heavy atom. The number of fused-ring (bicyclic) bond motifs is 1. The maximum absolute atomic E-state index is 12.8. The molecule has 0 saturated carbocycles. The van der Waals surface area contributed by atoms with E-state index in [9.17, 15) is 18.0 Å². The molecule has 1 atom stereocenters. The molecule has 2 N–H and O–H groups in total. The van der Waals surface area contributed by atoms with Gasteiger partial charge in [0.05, 0.1) is 28.6 Å². The number of thioether (sulfide) groups is 1. The van der Waals surface area contributed by atoms with Crippen molar-refractivity contribution in [2.75, 3.05) is 30.8 Å². The van der Waals surface area contributed by atoms with E-state index in [-0.39, 0.29) is 22.9 Å². The summed E-state index contributed by atoms with van der Waals surface area (Å²) in [6, 6.07) is 9.47. The topological polar surface area (TPSA) is 105 Å². The van der Waals surface area contributed by atoms with Crippen LogP contribution in [-0.2, 0) is 19.6 Å². The van der Waals surface area contributed by atoms with Crippen LogP contribution < -0.4 is 15.4 Å². The molecule has 2 aromatic rings. The summed E-state index contributed by atoms with van der Waals surface area (Å²) in [6.45, 7) is 4.17. The average molecular weight is 498 g/mol. The van der Waals surface area contributed by atoms with E-state index in [2.05, 4.69) is 10.6 Å². The number of sulfonamides is 1. The first kappa shape index (κ1) is 24.4. The highest BCUT2D eigenvalue weighted by Crippen LogP contribution is 2.38. The van der Waals surface area contributed by atoms with Crippen LogP contribution in [0.15, 0.2) is 46.2 Å². The van der Waals surface area contributed by atoms with E-state index < -0.39 is 21.2 Å². The van der Waals surface area contributed by atoms with Crippen molar-refractivity contribution in [3.05, 3.63) is 41.4 Å². The number of hydrogen-bond acceptors (Lipinski definition) is 6. The molecule has 11 heteroatoms. The molecule has 1 aliphatic rings. The first-order valence-electron chi connectivity index (χ1n) is 9.94. The number of anilines is 2. The van der Waals surface area contributed by atoms with E-state index in [0.717, 1.165) is 4.90 Å². The highest BCUT2D eigenvalue weighted by atomic mass is 35.5. The number of amides is 2. The molecule has 3 rings (SSSR count). The molecule has 0 radical (unpaired) electrons. The van der Waals surface area contributed by atoms with Crippen LogP contribution >= 0.6 is 23.4 Å². The number of rotatable bonds is 8. The summed E-state index contributed by atoms with van der Waals surface area (Å²) in [7, 11) is -2.28. The number of ether oxygens (including phenoxy) is 1. The molecule has 0 fully saturated rings. The SMILES string of the molecule is CCN(CC)S(=O)(=O)c1ccc(OC)c(NC(=O)CC2Sc3ccc(Cl)cc3NC2=O)c1. The van der Waals surface area contributed by atoms with Crippen molar-refractivity contribution in [3.8, 4) is 5.75 Å². The molecular weight excluding hydrogens is 474 g/mol. The highest BCUT2D eigenvalue weighted by molar-refractivity contribution is 8.01. The zero-order chi connectivity index (χ0) is 23.5. The predicted molar refractivity (Wildman–Crippen MR) is 126 cm³/mol. The second-order valence-corrected chi connectivity index (χ2v) is 10.6. The summed E-state index contributed by atoms with van der Waals surface area (Å²) < 4.78 is 32.3. The molecule has 172 valence electrons. The quantitative estimate of drug-likeness (QED) is 0.574. The van der Waals surface area contributed by atoms with Crippen molar-refractivity contribution < 1.29 is 22.7 Å². The fourth-order valence-corrected chi connectivity index (χ4v) is 6.03. The third-order valence-corrected chi connectivity index (χ3v) is 8.48. The van der Waals surface area contributed by atoms with Crippen LogP contribution in [0.4, 0.5) is 11.4 Å². The van der Waals surface area contributed by atoms with Crippen LogP contribution in [0.5, 0.6) is 5.75 Å². The first-order valence-corrected chi connectivity index (χ1v) is 12.6. The summed E-state index contributed by atoms with van der Waals surface area (Å²) in [4.78, 5) is 26.0. The van der Waals surface area contributed by atoms with Crippen molar-refractivity contribution in [2.24, 2.45) is 0 Å². The molecule has 32 heavy (non-hydrogen) atoms. The molecule has 0 aliphatic carbocycles. The van der Waals surface area contributed by atoms with E-state index in [1.165, 1.54) is 41.4 Å². The van der Waals surface area contributed by atoms with Crippen LogP contribution in [0.2, 0.25) is 5.02 Å². The number of halogens is 1. The van der Waals surface area contributed by atoms with Crippen LogP contribution in [0.25, 0.3) is 0 Å². The number of carbonyl (C=O) groups excluding carboxylic acids is 2. The molecule has 1 unspecified atom stereocenters. The van der Waals surface area contributed by atoms with E-state index in [1.807, 2.05) is 0 Å². The molecule has 1 heterocycles. The van der Waals surface area contributed by atoms with Gasteiger partial charge in [0.2, 0.25) is 21.8 Å². The van der Waals surface area contributed by atoms with E-state index in [0.29, 0.717) is 29.5 Å².